The Bertz CT molecular complexity index is 1050. The van der Waals surface area contributed by atoms with E-state index in [1.54, 1.807) is 24.3 Å². The lowest BCUT2D eigenvalue weighted by Crippen LogP contribution is -2.29. The number of halogens is 1. The van der Waals surface area contributed by atoms with Crippen molar-refractivity contribution in [2.45, 2.75) is 31.3 Å². The van der Waals surface area contributed by atoms with Gasteiger partial charge in [0.1, 0.15) is 0 Å². The first-order valence-electron chi connectivity index (χ1n) is 9.14. The van der Waals surface area contributed by atoms with E-state index in [0.717, 1.165) is 12.0 Å². The van der Waals surface area contributed by atoms with Crippen molar-refractivity contribution in [1.29, 1.82) is 0 Å². The van der Waals surface area contributed by atoms with Crippen LogP contribution in [-0.4, -0.2) is 36.5 Å². The highest BCUT2D eigenvalue weighted by atomic mass is 32.2. The lowest BCUT2D eigenvalue weighted by molar-refractivity contribution is 0.234. The summed E-state index contributed by atoms with van der Waals surface area (Å²) in [5.74, 6) is 0.141. The zero-order valence-corrected chi connectivity index (χ0v) is 17.0. The molecule has 0 N–H and O–H groups in total. The molecule has 0 unspecified atom stereocenters. The van der Waals surface area contributed by atoms with Crippen LogP contribution in [0.25, 0.3) is 0 Å². The molecule has 0 radical (unpaired) electrons. The molecule has 0 aliphatic carbocycles. The number of hydrogen-bond acceptors (Lipinski definition) is 6. The first kappa shape index (κ1) is 20.9. The molecule has 3 aromatic rings. The maximum absolute atomic E-state index is 13.5. The van der Waals surface area contributed by atoms with Gasteiger partial charge in [0.2, 0.25) is 10.0 Å². The molecule has 2 aromatic carbocycles. The van der Waals surface area contributed by atoms with Gasteiger partial charge in [-0.2, -0.15) is 4.98 Å². The average Bonchev–Trinajstić information content (AvgIpc) is 3.19. The molecule has 7 nitrogen and oxygen atoms in total. The normalized spacial score (nSPS) is 11.7. The molecular weight excluding hydrogens is 397 g/mol. The predicted molar refractivity (Wildman–Crippen MR) is 104 cm³/mol. The van der Waals surface area contributed by atoms with Gasteiger partial charge in [-0.15, -0.1) is 0 Å². The van der Waals surface area contributed by atoms with Crippen LogP contribution in [0.15, 0.2) is 57.9 Å². The number of para-hydroxylation sites is 1. The van der Waals surface area contributed by atoms with Crippen LogP contribution in [0.5, 0.6) is 5.75 Å². The number of ether oxygens (including phenoxy) is 1. The van der Waals surface area contributed by atoms with Crippen molar-refractivity contribution in [2.75, 3.05) is 13.6 Å². The Morgan fingerprint density at radius 1 is 1.14 bits per heavy atom. The van der Waals surface area contributed by atoms with E-state index >= 15 is 0 Å². The summed E-state index contributed by atoms with van der Waals surface area (Å²) < 4.78 is 50.5. The molecule has 0 aliphatic heterocycles. The van der Waals surface area contributed by atoms with Crippen LogP contribution in [-0.2, 0) is 29.5 Å². The second-order valence-electron chi connectivity index (χ2n) is 6.40. The minimum absolute atomic E-state index is 0.0775. The SMILES string of the molecule is CCc1ccc(S(=O)(=O)N(C)CCc2noc(COc3ccccc3F)n2)cc1. The molecule has 3 rings (SSSR count). The van der Waals surface area contributed by atoms with Crippen molar-refractivity contribution in [3.8, 4) is 5.75 Å². The van der Waals surface area contributed by atoms with E-state index in [1.807, 2.05) is 19.1 Å². The maximum atomic E-state index is 13.5. The minimum Gasteiger partial charge on any atom is -0.481 e. The van der Waals surface area contributed by atoms with E-state index in [2.05, 4.69) is 10.1 Å². The van der Waals surface area contributed by atoms with Crippen LogP contribution in [0.2, 0.25) is 0 Å². The molecule has 0 saturated carbocycles. The fourth-order valence-corrected chi connectivity index (χ4v) is 3.78. The quantitative estimate of drug-likeness (QED) is 0.529. The van der Waals surface area contributed by atoms with Crippen molar-refractivity contribution in [1.82, 2.24) is 14.4 Å². The van der Waals surface area contributed by atoms with Gasteiger partial charge in [-0.25, -0.2) is 17.1 Å². The van der Waals surface area contributed by atoms with Gasteiger partial charge < -0.3 is 9.26 Å². The smallest absolute Gasteiger partial charge is 0.264 e. The fraction of sp³-hybridized carbons (Fsp3) is 0.300. The Hall–Kier alpha value is -2.78. The Morgan fingerprint density at radius 2 is 1.86 bits per heavy atom. The highest BCUT2D eigenvalue weighted by molar-refractivity contribution is 7.89. The second-order valence-corrected chi connectivity index (χ2v) is 8.44. The van der Waals surface area contributed by atoms with Crippen molar-refractivity contribution in [3.05, 3.63) is 71.6 Å². The molecule has 29 heavy (non-hydrogen) atoms. The molecule has 1 aromatic heterocycles. The number of rotatable bonds is 9. The number of benzene rings is 2. The summed E-state index contributed by atoms with van der Waals surface area (Å²) in [6.45, 7) is 2.12. The zero-order valence-electron chi connectivity index (χ0n) is 16.2. The Kier molecular flexibility index (Phi) is 6.60. The van der Waals surface area contributed by atoms with Gasteiger partial charge in [0.15, 0.2) is 24.0 Å². The van der Waals surface area contributed by atoms with Crippen molar-refractivity contribution < 1.29 is 22.1 Å². The molecule has 0 aliphatic rings. The Morgan fingerprint density at radius 3 is 2.55 bits per heavy atom. The molecule has 0 atom stereocenters. The van der Waals surface area contributed by atoms with Gasteiger partial charge in [0.25, 0.3) is 5.89 Å². The van der Waals surface area contributed by atoms with E-state index < -0.39 is 15.8 Å². The molecule has 0 amide bonds. The summed E-state index contributed by atoms with van der Waals surface area (Å²) in [6, 6.07) is 12.8. The average molecular weight is 419 g/mol. The van der Waals surface area contributed by atoms with E-state index in [0.29, 0.717) is 5.82 Å². The van der Waals surface area contributed by atoms with Gasteiger partial charge in [0, 0.05) is 20.0 Å². The van der Waals surface area contributed by atoms with Gasteiger partial charge in [-0.3, -0.25) is 0 Å². The molecule has 0 spiro atoms. The standard InChI is InChI=1S/C20H22FN3O4S/c1-3-15-8-10-16(11-9-15)29(25,26)24(2)13-12-19-22-20(28-23-19)14-27-18-7-5-4-6-17(18)21/h4-11H,3,12-14H2,1-2H3. The molecule has 0 saturated heterocycles. The Balaban J connectivity index is 1.56. The predicted octanol–water partition coefficient (Wildman–Crippen LogP) is 3.21. The van der Waals surface area contributed by atoms with Gasteiger partial charge >= 0.3 is 0 Å². The van der Waals surface area contributed by atoms with Gasteiger partial charge in [-0.1, -0.05) is 36.3 Å². The van der Waals surface area contributed by atoms with Crippen molar-refractivity contribution in [3.63, 3.8) is 0 Å². The molecule has 1 heterocycles. The van der Waals surface area contributed by atoms with E-state index in [-0.39, 0.29) is 36.1 Å². The highest BCUT2D eigenvalue weighted by Crippen LogP contribution is 2.18. The van der Waals surface area contributed by atoms with Crippen LogP contribution < -0.4 is 4.74 Å². The number of likely N-dealkylation sites (N-methyl/N-ethyl adjacent to an activating group) is 1. The fourth-order valence-electron chi connectivity index (χ4n) is 2.61. The van der Waals surface area contributed by atoms with Crippen LogP contribution in [0.4, 0.5) is 4.39 Å². The Labute approximate surface area is 169 Å². The first-order chi connectivity index (χ1) is 13.9. The number of aryl methyl sites for hydroxylation is 1. The molecule has 0 fully saturated rings. The topological polar surface area (TPSA) is 85.5 Å². The van der Waals surface area contributed by atoms with E-state index in [9.17, 15) is 12.8 Å². The molecule has 0 bridgehead atoms. The number of nitrogens with zero attached hydrogens (tertiary/aromatic N) is 3. The summed E-state index contributed by atoms with van der Waals surface area (Å²) in [5.41, 5.74) is 1.07. The van der Waals surface area contributed by atoms with Crippen LogP contribution in [0.3, 0.4) is 0 Å². The minimum atomic E-state index is -3.60. The van der Waals surface area contributed by atoms with Gasteiger partial charge in [0.05, 0.1) is 4.90 Å². The third kappa shape index (κ3) is 5.18. The number of aromatic nitrogens is 2. The summed E-state index contributed by atoms with van der Waals surface area (Å²) in [4.78, 5) is 4.40. The van der Waals surface area contributed by atoms with Crippen molar-refractivity contribution in [2.24, 2.45) is 0 Å². The van der Waals surface area contributed by atoms with Crippen molar-refractivity contribution >= 4 is 10.0 Å². The maximum Gasteiger partial charge on any atom is 0.264 e. The van der Waals surface area contributed by atoms with Crippen LogP contribution in [0, 0.1) is 5.82 Å². The van der Waals surface area contributed by atoms with Gasteiger partial charge in [-0.05, 0) is 36.2 Å². The number of sulfonamides is 1. The summed E-state index contributed by atoms with van der Waals surface area (Å²) in [6.07, 6.45) is 1.11. The first-order valence-corrected chi connectivity index (χ1v) is 10.6. The number of hydrogen-bond donors (Lipinski definition) is 0. The zero-order chi connectivity index (χ0) is 20.9. The monoisotopic (exact) mass is 419 g/mol. The van der Waals surface area contributed by atoms with E-state index in [4.69, 9.17) is 9.26 Å². The summed E-state index contributed by atoms with van der Waals surface area (Å²) >= 11 is 0. The highest BCUT2D eigenvalue weighted by Gasteiger charge is 2.21. The summed E-state index contributed by atoms with van der Waals surface area (Å²) in [5, 5.41) is 3.82. The molecule has 9 heteroatoms. The second kappa shape index (κ2) is 9.15. The molecule has 154 valence electrons. The lowest BCUT2D eigenvalue weighted by atomic mass is 10.2. The lowest BCUT2D eigenvalue weighted by Gasteiger charge is -2.16. The molecular formula is C20H22FN3O4S. The van der Waals surface area contributed by atoms with E-state index in [1.165, 1.54) is 23.5 Å². The summed E-state index contributed by atoms with van der Waals surface area (Å²) in [7, 11) is -2.09. The van der Waals surface area contributed by atoms with Crippen LogP contribution in [0.1, 0.15) is 24.2 Å². The largest absolute Gasteiger partial charge is 0.481 e. The third-order valence-corrected chi connectivity index (χ3v) is 6.26. The third-order valence-electron chi connectivity index (χ3n) is 4.39. The van der Waals surface area contributed by atoms with Crippen LogP contribution >= 0.6 is 0 Å².